The fraction of sp³-hybridized carbons (Fsp3) is 0.500. The van der Waals surface area contributed by atoms with Crippen LogP contribution in [0.5, 0.6) is 5.75 Å². The average molecular weight is 228 g/mol. The van der Waals surface area contributed by atoms with Crippen LogP contribution in [0.2, 0.25) is 5.02 Å². The van der Waals surface area contributed by atoms with Gasteiger partial charge in [-0.15, -0.1) is 0 Å². The summed E-state index contributed by atoms with van der Waals surface area (Å²) in [5, 5.41) is 0.657. The normalized spacial score (nSPS) is 13.7. The number of halogens is 1. The third kappa shape index (κ3) is 3.11. The second-order valence-corrected chi connectivity index (χ2v) is 5.20. The molecule has 84 valence electrons. The molecule has 0 aliphatic carbocycles. The monoisotopic (exact) mass is 227 g/mol. The highest BCUT2D eigenvalue weighted by Gasteiger charge is 2.22. The van der Waals surface area contributed by atoms with E-state index in [1.807, 2.05) is 12.1 Å². The summed E-state index contributed by atoms with van der Waals surface area (Å²) in [6.45, 7) is 6.31. The Morgan fingerprint density at radius 1 is 1.27 bits per heavy atom. The van der Waals surface area contributed by atoms with Crippen molar-refractivity contribution in [3.05, 3.63) is 28.8 Å². The van der Waals surface area contributed by atoms with Gasteiger partial charge in [0.1, 0.15) is 5.75 Å². The van der Waals surface area contributed by atoms with Gasteiger partial charge in [-0.3, -0.25) is 0 Å². The van der Waals surface area contributed by atoms with Gasteiger partial charge in [0.25, 0.3) is 0 Å². The van der Waals surface area contributed by atoms with Crippen LogP contribution in [0.25, 0.3) is 0 Å². The number of benzene rings is 1. The van der Waals surface area contributed by atoms with Crippen LogP contribution in [0.1, 0.15) is 32.4 Å². The van der Waals surface area contributed by atoms with E-state index in [0.29, 0.717) is 5.02 Å². The Bertz CT molecular complexity index is 344. The quantitative estimate of drug-likeness (QED) is 0.841. The van der Waals surface area contributed by atoms with Crippen molar-refractivity contribution in [1.29, 1.82) is 0 Å². The van der Waals surface area contributed by atoms with E-state index in [2.05, 4.69) is 20.8 Å². The maximum atomic E-state index is 6.15. The molecule has 0 heterocycles. The molecule has 0 aliphatic rings. The summed E-state index contributed by atoms with van der Waals surface area (Å²) in [7, 11) is 1.62. The fourth-order valence-corrected chi connectivity index (χ4v) is 1.62. The molecule has 15 heavy (non-hydrogen) atoms. The van der Waals surface area contributed by atoms with Crippen LogP contribution in [0, 0.1) is 5.41 Å². The molecule has 0 bridgehead atoms. The Morgan fingerprint density at radius 2 is 1.87 bits per heavy atom. The van der Waals surface area contributed by atoms with Gasteiger partial charge in [0.2, 0.25) is 0 Å². The summed E-state index contributed by atoms with van der Waals surface area (Å²) in [6.07, 6.45) is 0. The third-order valence-electron chi connectivity index (χ3n) is 2.42. The zero-order valence-corrected chi connectivity index (χ0v) is 10.4. The molecule has 1 rings (SSSR count). The van der Waals surface area contributed by atoms with Gasteiger partial charge in [-0.1, -0.05) is 32.4 Å². The van der Waals surface area contributed by atoms with Crippen molar-refractivity contribution < 1.29 is 4.74 Å². The van der Waals surface area contributed by atoms with Crippen molar-refractivity contribution in [3.8, 4) is 5.75 Å². The lowest BCUT2D eigenvalue weighted by Gasteiger charge is -2.27. The van der Waals surface area contributed by atoms with E-state index in [1.54, 1.807) is 13.2 Å². The van der Waals surface area contributed by atoms with Crippen LogP contribution in [-0.4, -0.2) is 7.11 Å². The smallest absolute Gasteiger partial charge is 0.120 e. The highest BCUT2D eigenvalue weighted by atomic mass is 35.5. The molecule has 0 spiro atoms. The van der Waals surface area contributed by atoms with Gasteiger partial charge in [0.15, 0.2) is 0 Å². The van der Waals surface area contributed by atoms with Crippen molar-refractivity contribution in [1.82, 2.24) is 0 Å². The summed E-state index contributed by atoms with van der Waals surface area (Å²) in [5.74, 6) is 0.747. The number of nitrogens with two attached hydrogens (primary N) is 1. The summed E-state index contributed by atoms with van der Waals surface area (Å²) in [4.78, 5) is 0. The first-order valence-electron chi connectivity index (χ1n) is 4.94. The lowest BCUT2D eigenvalue weighted by atomic mass is 9.83. The molecule has 2 N–H and O–H groups in total. The highest BCUT2D eigenvalue weighted by molar-refractivity contribution is 6.30. The first-order valence-corrected chi connectivity index (χ1v) is 5.32. The van der Waals surface area contributed by atoms with Crippen molar-refractivity contribution in [3.63, 3.8) is 0 Å². The Balaban J connectivity index is 3.09. The average Bonchev–Trinajstić information content (AvgIpc) is 2.14. The van der Waals surface area contributed by atoms with E-state index in [9.17, 15) is 0 Å². The zero-order chi connectivity index (χ0) is 11.6. The lowest BCUT2D eigenvalue weighted by Crippen LogP contribution is -2.26. The first kappa shape index (κ1) is 12.3. The molecule has 0 aliphatic heterocycles. The second kappa shape index (κ2) is 4.42. The minimum atomic E-state index is -0.0508. The van der Waals surface area contributed by atoms with Gasteiger partial charge in [-0.25, -0.2) is 0 Å². The Labute approximate surface area is 96.4 Å². The predicted molar refractivity (Wildman–Crippen MR) is 64.4 cm³/mol. The summed E-state index contributed by atoms with van der Waals surface area (Å²) >= 11 is 5.99. The molecule has 3 heteroatoms. The Kier molecular flexibility index (Phi) is 3.63. The molecule has 1 aromatic rings. The van der Waals surface area contributed by atoms with Gasteiger partial charge in [0, 0.05) is 11.1 Å². The summed E-state index contributed by atoms with van der Waals surface area (Å²) < 4.78 is 5.16. The maximum Gasteiger partial charge on any atom is 0.120 e. The van der Waals surface area contributed by atoms with E-state index >= 15 is 0 Å². The molecule has 0 aromatic heterocycles. The Hall–Kier alpha value is -0.730. The van der Waals surface area contributed by atoms with Crippen LogP contribution in [-0.2, 0) is 0 Å². The summed E-state index contributed by atoms with van der Waals surface area (Å²) in [6, 6.07) is 5.55. The van der Waals surface area contributed by atoms with Crippen LogP contribution in [0.15, 0.2) is 18.2 Å². The zero-order valence-electron chi connectivity index (χ0n) is 9.67. The Morgan fingerprint density at radius 3 is 2.33 bits per heavy atom. The number of methoxy groups -OCH3 is 1. The SMILES string of the molecule is COc1cc(Cl)cc([C@H](N)C(C)(C)C)c1. The number of hydrogen-bond donors (Lipinski definition) is 1. The van der Waals surface area contributed by atoms with Crippen molar-refractivity contribution in [2.75, 3.05) is 7.11 Å². The van der Waals surface area contributed by atoms with Crippen molar-refractivity contribution in [2.24, 2.45) is 11.1 Å². The van der Waals surface area contributed by atoms with Gasteiger partial charge in [-0.2, -0.15) is 0 Å². The van der Waals surface area contributed by atoms with Crippen molar-refractivity contribution >= 4 is 11.6 Å². The van der Waals surface area contributed by atoms with E-state index in [4.69, 9.17) is 22.1 Å². The van der Waals surface area contributed by atoms with Crippen LogP contribution in [0.3, 0.4) is 0 Å². The highest BCUT2D eigenvalue weighted by Crippen LogP contribution is 2.33. The molecule has 0 fully saturated rings. The van der Waals surface area contributed by atoms with Gasteiger partial charge in [0.05, 0.1) is 7.11 Å². The molecule has 1 atom stereocenters. The molecule has 2 nitrogen and oxygen atoms in total. The lowest BCUT2D eigenvalue weighted by molar-refractivity contribution is 0.325. The molecule has 0 saturated carbocycles. The number of ether oxygens (including phenoxy) is 1. The van der Waals surface area contributed by atoms with E-state index in [0.717, 1.165) is 11.3 Å². The minimum Gasteiger partial charge on any atom is -0.497 e. The van der Waals surface area contributed by atoms with Gasteiger partial charge in [-0.05, 0) is 29.2 Å². The standard InChI is InChI=1S/C12H18ClNO/c1-12(2,3)11(14)8-5-9(13)7-10(6-8)15-4/h5-7,11H,14H2,1-4H3/t11-/m0/s1. The molecular weight excluding hydrogens is 210 g/mol. The minimum absolute atomic E-state index is 0.00962. The number of hydrogen-bond acceptors (Lipinski definition) is 2. The van der Waals surface area contributed by atoms with Crippen LogP contribution >= 0.6 is 11.6 Å². The van der Waals surface area contributed by atoms with Crippen molar-refractivity contribution in [2.45, 2.75) is 26.8 Å². The molecule has 0 radical (unpaired) electrons. The topological polar surface area (TPSA) is 35.2 Å². The predicted octanol–water partition coefficient (Wildman–Crippen LogP) is 3.39. The molecular formula is C12H18ClNO. The van der Waals surface area contributed by atoms with Crippen LogP contribution in [0.4, 0.5) is 0 Å². The van der Waals surface area contributed by atoms with Crippen LogP contribution < -0.4 is 10.5 Å². The maximum absolute atomic E-state index is 6.15. The van der Waals surface area contributed by atoms with E-state index < -0.39 is 0 Å². The fourth-order valence-electron chi connectivity index (χ4n) is 1.38. The molecule has 1 aromatic carbocycles. The first-order chi connectivity index (χ1) is 6.84. The van der Waals surface area contributed by atoms with E-state index in [1.165, 1.54) is 0 Å². The molecule has 0 amide bonds. The molecule has 0 saturated heterocycles. The number of rotatable bonds is 2. The van der Waals surface area contributed by atoms with Gasteiger partial charge < -0.3 is 10.5 Å². The third-order valence-corrected chi connectivity index (χ3v) is 2.64. The summed E-state index contributed by atoms with van der Waals surface area (Å²) in [5.41, 5.74) is 7.17. The van der Waals surface area contributed by atoms with E-state index in [-0.39, 0.29) is 11.5 Å². The van der Waals surface area contributed by atoms with Gasteiger partial charge >= 0.3 is 0 Å². The second-order valence-electron chi connectivity index (χ2n) is 4.77. The largest absolute Gasteiger partial charge is 0.497 e. The molecule has 0 unspecified atom stereocenters.